The number of carbonyl (C=O) groups excluding carboxylic acids is 1. The Balaban J connectivity index is 2.71. The fraction of sp³-hybridized carbons (Fsp3) is 0.300. The Labute approximate surface area is 97.4 Å². The molecule has 5 heteroatoms. The number of benzene rings is 1. The Morgan fingerprint density at radius 2 is 2.13 bits per heavy atom. The number of amides is 2. The number of carbonyl (C=O) groups is 1. The lowest BCUT2D eigenvalue weighted by Crippen LogP contribution is -2.34. The summed E-state index contributed by atoms with van der Waals surface area (Å²) in [5.74, 6) is 0. The highest BCUT2D eigenvalue weighted by Gasteiger charge is 2.06. The zero-order valence-corrected chi connectivity index (χ0v) is 10.3. The minimum atomic E-state index is -0.240. The van der Waals surface area contributed by atoms with Crippen LogP contribution >= 0.6 is 15.9 Å². The van der Waals surface area contributed by atoms with E-state index in [-0.39, 0.29) is 12.1 Å². The number of urea groups is 1. The van der Waals surface area contributed by atoms with Crippen LogP contribution in [0.15, 0.2) is 22.7 Å². The van der Waals surface area contributed by atoms with E-state index >= 15 is 0 Å². The molecule has 0 fully saturated rings. The summed E-state index contributed by atoms with van der Waals surface area (Å²) in [6, 6.07) is 5.11. The summed E-state index contributed by atoms with van der Waals surface area (Å²) in [6.07, 6.45) is 0. The summed E-state index contributed by atoms with van der Waals surface area (Å²) in [7, 11) is 0. The van der Waals surface area contributed by atoms with Crippen LogP contribution in [0.1, 0.15) is 13.8 Å². The van der Waals surface area contributed by atoms with Crippen molar-refractivity contribution in [2.45, 2.75) is 19.9 Å². The van der Waals surface area contributed by atoms with E-state index < -0.39 is 0 Å². The molecule has 0 saturated carbocycles. The van der Waals surface area contributed by atoms with Crippen LogP contribution in [0, 0.1) is 0 Å². The lowest BCUT2D eigenvalue weighted by atomic mass is 10.3. The van der Waals surface area contributed by atoms with E-state index in [0.29, 0.717) is 11.4 Å². The molecule has 0 radical (unpaired) electrons. The van der Waals surface area contributed by atoms with Crippen LogP contribution in [-0.2, 0) is 0 Å². The summed E-state index contributed by atoms with van der Waals surface area (Å²) in [5, 5.41) is 5.43. The predicted octanol–water partition coefficient (Wildman–Crippen LogP) is 2.56. The highest BCUT2D eigenvalue weighted by atomic mass is 79.9. The molecule has 0 aliphatic rings. The molecule has 0 atom stereocenters. The number of anilines is 2. The van der Waals surface area contributed by atoms with Gasteiger partial charge in [-0.2, -0.15) is 0 Å². The topological polar surface area (TPSA) is 67.2 Å². The fourth-order valence-corrected chi connectivity index (χ4v) is 1.41. The molecule has 1 aromatic rings. The average Bonchev–Trinajstić information content (AvgIpc) is 2.10. The minimum Gasteiger partial charge on any atom is -0.399 e. The zero-order chi connectivity index (χ0) is 11.4. The van der Waals surface area contributed by atoms with Crippen molar-refractivity contribution in [2.75, 3.05) is 11.1 Å². The smallest absolute Gasteiger partial charge is 0.319 e. The first-order chi connectivity index (χ1) is 6.99. The van der Waals surface area contributed by atoms with E-state index in [2.05, 4.69) is 26.6 Å². The lowest BCUT2D eigenvalue weighted by molar-refractivity contribution is 0.250. The van der Waals surface area contributed by atoms with Crippen molar-refractivity contribution in [3.05, 3.63) is 22.7 Å². The maximum absolute atomic E-state index is 11.4. The van der Waals surface area contributed by atoms with E-state index in [1.807, 2.05) is 13.8 Å². The predicted molar refractivity (Wildman–Crippen MR) is 65.8 cm³/mol. The van der Waals surface area contributed by atoms with Crippen molar-refractivity contribution >= 4 is 33.3 Å². The molecular formula is C10H14BrN3O. The number of rotatable bonds is 2. The van der Waals surface area contributed by atoms with Gasteiger partial charge >= 0.3 is 6.03 Å². The van der Waals surface area contributed by atoms with Crippen molar-refractivity contribution in [1.29, 1.82) is 0 Å². The van der Waals surface area contributed by atoms with Gasteiger partial charge in [-0.1, -0.05) is 0 Å². The largest absolute Gasteiger partial charge is 0.399 e. The molecule has 1 aromatic carbocycles. The molecule has 4 nitrogen and oxygen atoms in total. The van der Waals surface area contributed by atoms with Gasteiger partial charge in [0.15, 0.2) is 0 Å². The maximum Gasteiger partial charge on any atom is 0.319 e. The molecule has 15 heavy (non-hydrogen) atoms. The molecule has 0 aliphatic heterocycles. The highest BCUT2D eigenvalue weighted by molar-refractivity contribution is 9.10. The van der Waals surface area contributed by atoms with Crippen LogP contribution in [0.2, 0.25) is 0 Å². The van der Waals surface area contributed by atoms with Gasteiger partial charge in [0.25, 0.3) is 0 Å². The Morgan fingerprint density at radius 3 is 2.73 bits per heavy atom. The van der Waals surface area contributed by atoms with Gasteiger partial charge in [0.2, 0.25) is 0 Å². The number of hydrogen-bond acceptors (Lipinski definition) is 2. The first-order valence-corrected chi connectivity index (χ1v) is 5.41. The van der Waals surface area contributed by atoms with E-state index in [1.54, 1.807) is 18.2 Å². The van der Waals surface area contributed by atoms with Crippen LogP contribution in [0.4, 0.5) is 16.2 Å². The molecule has 1 rings (SSSR count). The molecule has 0 saturated heterocycles. The lowest BCUT2D eigenvalue weighted by Gasteiger charge is -2.11. The van der Waals surface area contributed by atoms with Gasteiger partial charge in [0, 0.05) is 16.2 Å². The molecule has 0 spiro atoms. The second kappa shape index (κ2) is 5.02. The SMILES string of the molecule is CC(C)NC(=O)Nc1cc(N)ccc1Br. The summed E-state index contributed by atoms with van der Waals surface area (Å²) >= 11 is 3.33. The Kier molecular flexibility index (Phi) is 3.96. The van der Waals surface area contributed by atoms with E-state index in [1.165, 1.54) is 0 Å². The first kappa shape index (κ1) is 11.8. The number of nitrogen functional groups attached to an aromatic ring is 1. The van der Waals surface area contributed by atoms with Crippen molar-refractivity contribution < 1.29 is 4.79 Å². The molecular weight excluding hydrogens is 258 g/mol. The second-order valence-corrected chi connectivity index (χ2v) is 4.35. The van der Waals surface area contributed by atoms with Crippen LogP contribution in [0.5, 0.6) is 0 Å². The normalized spacial score (nSPS) is 10.1. The van der Waals surface area contributed by atoms with Crippen LogP contribution in [0.3, 0.4) is 0 Å². The standard InChI is InChI=1S/C10H14BrN3O/c1-6(2)13-10(15)14-9-5-7(12)3-4-8(9)11/h3-6H,12H2,1-2H3,(H2,13,14,15). The maximum atomic E-state index is 11.4. The molecule has 0 aromatic heterocycles. The fourth-order valence-electron chi connectivity index (χ4n) is 1.06. The van der Waals surface area contributed by atoms with Gasteiger partial charge < -0.3 is 16.4 Å². The third-order valence-corrected chi connectivity index (χ3v) is 2.35. The van der Waals surface area contributed by atoms with Crippen molar-refractivity contribution in [3.63, 3.8) is 0 Å². The van der Waals surface area contributed by atoms with Gasteiger partial charge in [-0.15, -0.1) is 0 Å². The monoisotopic (exact) mass is 271 g/mol. The molecule has 0 unspecified atom stereocenters. The summed E-state index contributed by atoms with van der Waals surface area (Å²) in [6.45, 7) is 3.79. The van der Waals surface area contributed by atoms with Crippen LogP contribution < -0.4 is 16.4 Å². The van der Waals surface area contributed by atoms with Gasteiger partial charge in [-0.3, -0.25) is 0 Å². The molecule has 0 bridgehead atoms. The Bertz CT molecular complexity index is 366. The van der Waals surface area contributed by atoms with Gasteiger partial charge in [0.1, 0.15) is 0 Å². The van der Waals surface area contributed by atoms with E-state index in [9.17, 15) is 4.79 Å². The molecule has 0 aliphatic carbocycles. The number of nitrogens with one attached hydrogen (secondary N) is 2. The highest BCUT2D eigenvalue weighted by Crippen LogP contribution is 2.24. The molecule has 2 amide bonds. The van der Waals surface area contributed by atoms with Crippen molar-refractivity contribution in [1.82, 2.24) is 5.32 Å². The van der Waals surface area contributed by atoms with Crippen LogP contribution in [0.25, 0.3) is 0 Å². The number of halogens is 1. The van der Waals surface area contributed by atoms with E-state index in [0.717, 1.165) is 4.47 Å². The number of nitrogens with two attached hydrogens (primary N) is 1. The van der Waals surface area contributed by atoms with E-state index in [4.69, 9.17) is 5.73 Å². The third kappa shape index (κ3) is 3.79. The third-order valence-electron chi connectivity index (χ3n) is 1.66. The number of hydrogen-bond donors (Lipinski definition) is 3. The Hall–Kier alpha value is -1.23. The Morgan fingerprint density at radius 1 is 1.47 bits per heavy atom. The van der Waals surface area contributed by atoms with Crippen LogP contribution in [-0.4, -0.2) is 12.1 Å². The summed E-state index contributed by atoms with van der Waals surface area (Å²) in [5.41, 5.74) is 6.88. The van der Waals surface area contributed by atoms with Crippen molar-refractivity contribution in [2.24, 2.45) is 0 Å². The second-order valence-electron chi connectivity index (χ2n) is 3.49. The average molecular weight is 272 g/mol. The van der Waals surface area contributed by atoms with Crippen molar-refractivity contribution in [3.8, 4) is 0 Å². The molecule has 0 heterocycles. The quantitative estimate of drug-likeness (QED) is 0.724. The molecule has 82 valence electrons. The minimum absolute atomic E-state index is 0.102. The first-order valence-electron chi connectivity index (χ1n) is 4.61. The molecule has 4 N–H and O–H groups in total. The van der Waals surface area contributed by atoms with Gasteiger partial charge in [-0.25, -0.2) is 4.79 Å². The van der Waals surface area contributed by atoms with Gasteiger partial charge in [0.05, 0.1) is 5.69 Å². The van der Waals surface area contributed by atoms with Gasteiger partial charge in [-0.05, 0) is 48.0 Å². The zero-order valence-electron chi connectivity index (χ0n) is 8.67. The summed E-state index contributed by atoms with van der Waals surface area (Å²) < 4.78 is 0.801. The summed E-state index contributed by atoms with van der Waals surface area (Å²) in [4.78, 5) is 11.4.